The Balaban J connectivity index is 2.95. The summed E-state index contributed by atoms with van der Waals surface area (Å²) in [7, 11) is 1.51. The number of anilines is 1. The summed E-state index contributed by atoms with van der Waals surface area (Å²) in [5.41, 5.74) is 7.03. The van der Waals surface area contributed by atoms with Gasteiger partial charge in [0.1, 0.15) is 0 Å². The zero-order valence-corrected chi connectivity index (χ0v) is 10.1. The molecule has 0 saturated heterocycles. The molecular formula is C9H7BrClN3O. The van der Waals surface area contributed by atoms with Crippen LogP contribution in [0.15, 0.2) is 16.6 Å². The fraction of sp³-hybridized carbons (Fsp3) is 0.111. The van der Waals surface area contributed by atoms with E-state index in [2.05, 4.69) is 25.9 Å². The summed E-state index contributed by atoms with van der Waals surface area (Å²) in [6.45, 7) is 0. The van der Waals surface area contributed by atoms with Gasteiger partial charge in [-0.1, -0.05) is 0 Å². The van der Waals surface area contributed by atoms with Crippen LogP contribution in [0.2, 0.25) is 5.28 Å². The van der Waals surface area contributed by atoms with Gasteiger partial charge in [0, 0.05) is 10.2 Å². The Morgan fingerprint density at radius 1 is 1.40 bits per heavy atom. The molecule has 1 heterocycles. The Kier molecular flexibility index (Phi) is 2.67. The first kappa shape index (κ1) is 10.4. The normalized spacial score (nSPS) is 10.6. The van der Waals surface area contributed by atoms with Crippen molar-refractivity contribution in [2.75, 3.05) is 12.8 Å². The van der Waals surface area contributed by atoms with Crippen LogP contribution < -0.4 is 10.5 Å². The molecule has 0 amide bonds. The van der Waals surface area contributed by atoms with Crippen molar-refractivity contribution in [2.45, 2.75) is 0 Å². The van der Waals surface area contributed by atoms with E-state index in [1.807, 2.05) is 0 Å². The molecule has 78 valence electrons. The number of halogens is 2. The summed E-state index contributed by atoms with van der Waals surface area (Å²) in [6.07, 6.45) is 0. The summed E-state index contributed by atoms with van der Waals surface area (Å²) in [6, 6.07) is 3.56. The van der Waals surface area contributed by atoms with Crippen molar-refractivity contribution in [1.82, 2.24) is 9.97 Å². The topological polar surface area (TPSA) is 61.0 Å². The van der Waals surface area contributed by atoms with Crippen molar-refractivity contribution in [1.29, 1.82) is 0 Å². The van der Waals surface area contributed by atoms with E-state index >= 15 is 0 Å². The van der Waals surface area contributed by atoms with Crippen molar-refractivity contribution in [2.24, 2.45) is 0 Å². The minimum atomic E-state index is 0.130. The standard InChI is InChI=1S/C9H7BrClN3O/c1-15-8-6-5(12)3-2-4(10)7(6)13-9(11)14-8/h2-3H,12H2,1H3. The molecule has 1 aromatic heterocycles. The SMILES string of the molecule is COc1nc(Cl)nc2c(Br)ccc(N)c12. The summed E-state index contributed by atoms with van der Waals surface area (Å²) in [4.78, 5) is 8.05. The number of aromatic nitrogens is 2. The van der Waals surface area contributed by atoms with Gasteiger partial charge in [-0.2, -0.15) is 4.98 Å². The molecule has 2 N–H and O–H groups in total. The third-order valence-corrected chi connectivity index (χ3v) is 2.77. The van der Waals surface area contributed by atoms with Crippen LogP contribution in [0, 0.1) is 0 Å². The average molecular weight is 289 g/mol. The number of ether oxygens (including phenoxy) is 1. The van der Waals surface area contributed by atoms with Gasteiger partial charge in [0.05, 0.1) is 18.0 Å². The average Bonchev–Trinajstić information content (AvgIpc) is 2.22. The number of hydrogen-bond donors (Lipinski definition) is 1. The maximum absolute atomic E-state index is 5.83. The smallest absolute Gasteiger partial charge is 0.227 e. The maximum atomic E-state index is 5.83. The number of benzene rings is 1. The van der Waals surface area contributed by atoms with Gasteiger partial charge in [-0.25, -0.2) is 4.98 Å². The number of fused-ring (bicyclic) bond motifs is 1. The first-order valence-electron chi connectivity index (χ1n) is 4.08. The number of methoxy groups -OCH3 is 1. The highest BCUT2D eigenvalue weighted by molar-refractivity contribution is 9.10. The fourth-order valence-corrected chi connectivity index (χ4v) is 1.90. The molecular weight excluding hydrogens is 281 g/mol. The van der Waals surface area contributed by atoms with E-state index in [0.29, 0.717) is 22.5 Å². The minimum absolute atomic E-state index is 0.130. The predicted molar refractivity (Wildman–Crippen MR) is 63.2 cm³/mol. The molecule has 1 aromatic carbocycles. The van der Waals surface area contributed by atoms with E-state index in [-0.39, 0.29) is 5.28 Å². The number of hydrogen-bond acceptors (Lipinski definition) is 4. The Morgan fingerprint density at radius 3 is 2.80 bits per heavy atom. The molecule has 2 rings (SSSR count). The Bertz CT molecular complexity index is 532. The molecule has 0 radical (unpaired) electrons. The van der Waals surface area contributed by atoms with Gasteiger partial charge in [0.15, 0.2) is 0 Å². The molecule has 0 spiro atoms. The summed E-state index contributed by atoms with van der Waals surface area (Å²) >= 11 is 9.13. The quantitative estimate of drug-likeness (QED) is 0.647. The third-order valence-electron chi connectivity index (χ3n) is 1.97. The lowest BCUT2D eigenvalue weighted by Gasteiger charge is -2.07. The van der Waals surface area contributed by atoms with Crippen molar-refractivity contribution in [3.8, 4) is 5.88 Å². The molecule has 0 bridgehead atoms. The van der Waals surface area contributed by atoms with Gasteiger partial charge in [0.25, 0.3) is 0 Å². The minimum Gasteiger partial charge on any atom is -0.480 e. The van der Waals surface area contributed by atoms with Crippen LogP contribution in [0.4, 0.5) is 5.69 Å². The Hall–Kier alpha value is -1.07. The van der Waals surface area contributed by atoms with Crippen LogP contribution in [0.3, 0.4) is 0 Å². The van der Waals surface area contributed by atoms with E-state index in [1.54, 1.807) is 12.1 Å². The van der Waals surface area contributed by atoms with Gasteiger partial charge < -0.3 is 10.5 Å². The van der Waals surface area contributed by atoms with E-state index in [4.69, 9.17) is 22.1 Å². The summed E-state index contributed by atoms with van der Waals surface area (Å²) < 4.78 is 5.91. The van der Waals surface area contributed by atoms with Gasteiger partial charge in [-0.3, -0.25) is 0 Å². The van der Waals surface area contributed by atoms with Gasteiger partial charge in [-0.15, -0.1) is 0 Å². The van der Waals surface area contributed by atoms with Crippen LogP contribution >= 0.6 is 27.5 Å². The summed E-state index contributed by atoms with van der Waals surface area (Å²) in [5, 5.41) is 0.793. The van der Waals surface area contributed by atoms with Crippen LogP contribution in [0.1, 0.15) is 0 Å². The molecule has 2 aromatic rings. The highest BCUT2D eigenvalue weighted by Gasteiger charge is 2.12. The molecule has 0 fully saturated rings. The van der Waals surface area contributed by atoms with E-state index in [1.165, 1.54) is 7.11 Å². The zero-order valence-electron chi connectivity index (χ0n) is 7.79. The molecule has 0 unspecified atom stereocenters. The molecule has 0 aliphatic carbocycles. The first-order chi connectivity index (χ1) is 7.13. The van der Waals surface area contributed by atoms with Crippen LogP contribution in [-0.4, -0.2) is 17.1 Å². The monoisotopic (exact) mass is 287 g/mol. The molecule has 0 aliphatic heterocycles. The van der Waals surface area contributed by atoms with Crippen LogP contribution in [0.5, 0.6) is 5.88 Å². The van der Waals surface area contributed by atoms with E-state index in [9.17, 15) is 0 Å². The molecule has 0 aliphatic rings. The second-order valence-corrected chi connectivity index (χ2v) is 4.05. The molecule has 4 nitrogen and oxygen atoms in total. The van der Waals surface area contributed by atoms with E-state index in [0.717, 1.165) is 4.47 Å². The predicted octanol–water partition coefficient (Wildman–Crippen LogP) is 2.64. The van der Waals surface area contributed by atoms with Crippen LogP contribution in [0.25, 0.3) is 10.9 Å². The second-order valence-electron chi connectivity index (χ2n) is 2.86. The van der Waals surface area contributed by atoms with Gasteiger partial charge >= 0.3 is 0 Å². The zero-order chi connectivity index (χ0) is 11.0. The van der Waals surface area contributed by atoms with Crippen LogP contribution in [-0.2, 0) is 0 Å². The van der Waals surface area contributed by atoms with E-state index < -0.39 is 0 Å². The van der Waals surface area contributed by atoms with Crippen molar-refractivity contribution < 1.29 is 4.74 Å². The van der Waals surface area contributed by atoms with Crippen molar-refractivity contribution in [3.05, 3.63) is 21.9 Å². The van der Waals surface area contributed by atoms with Crippen molar-refractivity contribution >= 4 is 44.1 Å². The largest absolute Gasteiger partial charge is 0.480 e. The highest BCUT2D eigenvalue weighted by atomic mass is 79.9. The number of nitrogens with zero attached hydrogens (tertiary/aromatic N) is 2. The molecule has 6 heteroatoms. The molecule has 15 heavy (non-hydrogen) atoms. The highest BCUT2D eigenvalue weighted by Crippen LogP contribution is 2.33. The van der Waals surface area contributed by atoms with Gasteiger partial charge in [0.2, 0.25) is 11.2 Å². The Labute approximate surface area is 99.5 Å². The third kappa shape index (κ3) is 1.72. The number of rotatable bonds is 1. The maximum Gasteiger partial charge on any atom is 0.227 e. The lowest BCUT2D eigenvalue weighted by Crippen LogP contribution is -1.97. The molecule has 0 saturated carbocycles. The first-order valence-corrected chi connectivity index (χ1v) is 5.26. The Morgan fingerprint density at radius 2 is 2.13 bits per heavy atom. The lowest BCUT2D eigenvalue weighted by atomic mass is 10.2. The second kappa shape index (κ2) is 3.83. The summed E-state index contributed by atoms with van der Waals surface area (Å²) in [5.74, 6) is 0.379. The lowest BCUT2D eigenvalue weighted by molar-refractivity contribution is 0.403. The molecule has 0 atom stereocenters. The fourth-order valence-electron chi connectivity index (χ4n) is 1.32. The van der Waals surface area contributed by atoms with Crippen molar-refractivity contribution in [3.63, 3.8) is 0 Å². The van der Waals surface area contributed by atoms with Gasteiger partial charge in [-0.05, 0) is 39.7 Å². The number of nitrogens with two attached hydrogens (primary N) is 1. The number of nitrogen functional groups attached to an aromatic ring is 1.